The number of benzene rings is 1. The van der Waals surface area contributed by atoms with Crippen molar-refractivity contribution < 1.29 is 4.79 Å². The van der Waals surface area contributed by atoms with Gasteiger partial charge in [0.1, 0.15) is 6.17 Å². The first kappa shape index (κ1) is 12.3. The predicted octanol–water partition coefficient (Wildman–Crippen LogP) is 3.13. The highest BCUT2D eigenvalue weighted by atomic mass is 16.2. The second kappa shape index (κ2) is 3.44. The Balaban J connectivity index is 2.01. The van der Waals surface area contributed by atoms with E-state index in [4.69, 9.17) is 0 Å². The van der Waals surface area contributed by atoms with Gasteiger partial charge in [-0.25, -0.2) is 0 Å². The molecule has 0 fully saturated rings. The molecule has 1 atom stereocenters. The number of fused-ring (bicyclic) bond motifs is 2. The molecular weight excluding hydrogens is 238 g/mol. The van der Waals surface area contributed by atoms with Crippen LogP contribution in [-0.4, -0.2) is 12.1 Å². The normalized spacial score (nSPS) is 23.2. The van der Waals surface area contributed by atoms with Crippen LogP contribution < -0.4 is 16.0 Å². The summed E-state index contributed by atoms with van der Waals surface area (Å²) in [4.78, 5) is 12.0. The van der Waals surface area contributed by atoms with Crippen LogP contribution in [0, 0.1) is 5.41 Å². The summed E-state index contributed by atoms with van der Waals surface area (Å²) in [5, 5.41) is 9.95. The Labute approximate surface area is 114 Å². The topological polar surface area (TPSA) is 53.2 Å². The number of carbonyl (C=O) groups excluding carboxylic acids is 1. The minimum absolute atomic E-state index is 0.0681. The molecule has 1 amide bonds. The molecule has 0 saturated heterocycles. The standard InChI is InChI=1S/C15H21N3O/c1-14(2,3)12-16-10-6-8-9(7-11(10)17-12)18-13(19)15(8,4)5/h6-7,12,16-17H,1-5H3,(H,18,19). The summed E-state index contributed by atoms with van der Waals surface area (Å²) in [5.41, 5.74) is 3.83. The van der Waals surface area contributed by atoms with Gasteiger partial charge in [0.2, 0.25) is 5.91 Å². The average molecular weight is 259 g/mol. The molecule has 0 aromatic heterocycles. The zero-order valence-electron chi connectivity index (χ0n) is 12.1. The van der Waals surface area contributed by atoms with Gasteiger partial charge in [0.25, 0.3) is 0 Å². The van der Waals surface area contributed by atoms with E-state index < -0.39 is 5.41 Å². The molecule has 0 radical (unpaired) electrons. The Morgan fingerprint density at radius 2 is 1.63 bits per heavy atom. The third kappa shape index (κ3) is 1.70. The Morgan fingerprint density at radius 3 is 2.21 bits per heavy atom. The summed E-state index contributed by atoms with van der Waals surface area (Å²) in [6.07, 6.45) is 0.212. The van der Waals surface area contributed by atoms with Crippen LogP contribution >= 0.6 is 0 Å². The van der Waals surface area contributed by atoms with Crippen molar-refractivity contribution in [3.05, 3.63) is 17.7 Å². The highest BCUT2D eigenvalue weighted by molar-refractivity contribution is 6.07. The number of amides is 1. The number of anilines is 3. The summed E-state index contributed by atoms with van der Waals surface area (Å²) in [6, 6.07) is 4.14. The van der Waals surface area contributed by atoms with Gasteiger partial charge in [0.05, 0.1) is 16.8 Å². The largest absolute Gasteiger partial charge is 0.363 e. The fourth-order valence-corrected chi connectivity index (χ4v) is 2.64. The predicted molar refractivity (Wildman–Crippen MR) is 78.6 cm³/mol. The van der Waals surface area contributed by atoms with Crippen molar-refractivity contribution in [3.8, 4) is 0 Å². The molecule has 1 aromatic carbocycles. The number of hydrogen-bond acceptors (Lipinski definition) is 3. The third-order valence-corrected chi connectivity index (χ3v) is 4.11. The third-order valence-electron chi connectivity index (χ3n) is 4.11. The summed E-state index contributed by atoms with van der Waals surface area (Å²) in [5.74, 6) is 0.0681. The Hall–Kier alpha value is -1.71. The van der Waals surface area contributed by atoms with Crippen molar-refractivity contribution in [1.82, 2.24) is 0 Å². The Kier molecular flexibility index (Phi) is 2.23. The van der Waals surface area contributed by atoms with E-state index in [9.17, 15) is 4.79 Å². The highest BCUT2D eigenvalue weighted by Crippen LogP contribution is 2.45. The molecule has 4 heteroatoms. The molecular formula is C15H21N3O. The molecule has 3 N–H and O–H groups in total. The molecule has 0 bridgehead atoms. The molecule has 4 nitrogen and oxygen atoms in total. The SMILES string of the molecule is CC1(C)C(=O)Nc2cc3c(cc21)NC(C(C)(C)C)N3. The molecule has 102 valence electrons. The van der Waals surface area contributed by atoms with Crippen LogP contribution in [0.25, 0.3) is 0 Å². The van der Waals surface area contributed by atoms with Crippen LogP contribution in [0.3, 0.4) is 0 Å². The molecule has 0 spiro atoms. The molecule has 1 unspecified atom stereocenters. The fourth-order valence-electron chi connectivity index (χ4n) is 2.64. The van der Waals surface area contributed by atoms with Gasteiger partial charge in [-0.2, -0.15) is 0 Å². The van der Waals surface area contributed by atoms with E-state index in [1.807, 2.05) is 19.9 Å². The van der Waals surface area contributed by atoms with Gasteiger partial charge in [-0.15, -0.1) is 0 Å². The van der Waals surface area contributed by atoms with Crippen LogP contribution in [0.1, 0.15) is 40.2 Å². The van der Waals surface area contributed by atoms with Gasteiger partial charge < -0.3 is 16.0 Å². The highest BCUT2D eigenvalue weighted by Gasteiger charge is 2.40. The van der Waals surface area contributed by atoms with Crippen LogP contribution in [-0.2, 0) is 10.2 Å². The van der Waals surface area contributed by atoms with Gasteiger partial charge >= 0.3 is 0 Å². The first-order valence-electron chi connectivity index (χ1n) is 6.72. The first-order valence-corrected chi connectivity index (χ1v) is 6.72. The van der Waals surface area contributed by atoms with Gasteiger partial charge in [-0.05, 0) is 31.5 Å². The smallest absolute Gasteiger partial charge is 0.234 e. The van der Waals surface area contributed by atoms with Crippen molar-refractivity contribution in [2.24, 2.45) is 5.41 Å². The number of hydrogen-bond donors (Lipinski definition) is 3. The lowest BCUT2D eigenvalue weighted by molar-refractivity contribution is -0.119. The quantitative estimate of drug-likeness (QED) is 0.671. The van der Waals surface area contributed by atoms with E-state index >= 15 is 0 Å². The first-order chi connectivity index (χ1) is 8.69. The molecule has 2 heterocycles. The average Bonchev–Trinajstić information content (AvgIpc) is 2.77. The minimum Gasteiger partial charge on any atom is -0.363 e. The van der Waals surface area contributed by atoms with Crippen LogP contribution in [0.4, 0.5) is 17.1 Å². The van der Waals surface area contributed by atoms with Crippen LogP contribution in [0.2, 0.25) is 0 Å². The summed E-state index contributed by atoms with van der Waals surface area (Å²) >= 11 is 0. The van der Waals surface area contributed by atoms with Crippen molar-refractivity contribution in [1.29, 1.82) is 0 Å². The lowest BCUT2D eigenvalue weighted by atomic mass is 9.86. The molecule has 2 aliphatic heterocycles. The van der Waals surface area contributed by atoms with Crippen molar-refractivity contribution in [2.45, 2.75) is 46.2 Å². The lowest BCUT2D eigenvalue weighted by Gasteiger charge is -2.27. The molecule has 0 aliphatic carbocycles. The van der Waals surface area contributed by atoms with E-state index in [0.717, 1.165) is 22.6 Å². The molecule has 0 saturated carbocycles. The van der Waals surface area contributed by atoms with E-state index in [1.54, 1.807) is 0 Å². The summed E-state index contributed by atoms with van der Waals surface area (Å²) in [7, 11) is 0. The number of nitrogens with one attached hydrogen (secondary N) is 3. The molecule has 2 aliphatic rings. The molecule has 1 aromatic rings. The fraction of sp³-hybridized carbons (Fsp3) is 0.533. The summed E-state index contributed by atoms with van der Waals surface area (Å²) in [6.45, 7) is 10.5. The minimum atomic E-state index is -0.453. The summed E-state index contributed by atoms with van der Waals surface area (Å²) < 4.78 is 0. The maximum atomic E-state index is 12.0. The van der Waals surface area contributed by atoms with E-state index in [1.165, 1.54) is 0 Å². The van der Waals surface area contributed by atoms with E-state index in [-0.39, 0.29) is 17.5 Å². The number of carbonyl (C=O) groups is 1. The van der Waals surface area contributed by atoms with E-state index in [2.05, 4.69) is 42.8 Å². The zero-order chi connectivity index (χ0) is 14.0. The maximum absolute atomic E-state index is 12.0. The van der Waals surface area contributed by atoms with Crippen molar-refractivity contribution in [2.75, 3.05) is 16.0 Å². The maximum Gasteiger partial charge on any atom is 0.234 e. The van der Waals surface area contributed by atoms with Gasteiger partial charge in [-0.1, -0.05) is 20.8 Å². The second-order valence-electron chi connectivity index (χ2n) is 7.11. The second-order valence-corrected chi connectivity index (χ2v) is 7.11. The van der Waals surface area contributed by atoms with Gasteiger partial charge in [-0.3, -0.25) is 4.79 Å². The Bertz CT molecular complexity index is 569. The monoisotopic (exact) mass is 259 g/mol. The zero-order valence-corrected chi connectivity index (χ0v) is 12.1. The molecule has 3 rings (SSSR count). The van der Waals surface area contributed by atoms with Crippen LogP contribution in [0.5, 0.6) is 0 Å². The Morgan fingerprint density at radius 1 is 1.05 bits per heavy atom. The molecule has 19 heavy (non-hydrogen) atoms. The van der Waals surface area contributed by atoms with Gasteiger partial charge in [0.15, 0.2) is 0 Å². The van der Waals surface area contributed by atoms with E-state index in [0.29, 0.717) is 0 Å². The lowest BCUT2D eigenvalue weighted by Crippen LogP contribution is -2.36. The van der Waals surface area contributed by atoms with Crippen molar-refractivity contribution >= 4 is 23.0 Å². The van der Waals surface area contributed by atoms with Gasteiger partial charge in [0, 0.05) is 11.1 Å². The van der Waals surface area contributed by atoms with Crippen LogP contribution in [0.15, 0.2) is 12.1 Å². The number of rotatable bonds is 0. The van der Waals surface area contributed by atoms with Crippen molar-refractivity contribution in [3.63, 3.8) is 0 Å².